The number of hydrogen-bond acceptors (Lipinski definition) is 3. The van der Waals surface area contributed by atoms with Gasteiger partial charge in [-0.2, -0.15) is 0 Å². The first-order valence-electron chi connectivity index (χ1n) is 7.36. The highest BCUT2D eigenvalue weighted by Gasteiger charge is 2.20. The minimum Gasteiger partial charge on any atom is -0.491 e. The molecule has 0 heterocycles. The Labute approximate surface area is 131 Å². The van der Waals surface area contributed by atoms with E-state index in [1.807, 2.05) is 61.5 Å². The Balaban J connectivity index is 2.14. The Bertz CT molecular complexity index is 598. The first-order chi connectivity index (χ1) is 10.8. The van der Waals surface area contributed by atoms with Crippen LogP contribution in [0.4, 0.5) is 5.69 Å². The Kier molecular flexibility index (Phi) is 5.98. The van der Waals surface area contributed by atoms with Crippen molar-refractivity contribution in [2.45, 2.75) is 19.4 Å². The number of para-hydroxylation sites is 2. The van der Waals surface area contributed by atoms with Gasteiger partial charge in [-0.3, -0.25) is 4.79 Å². The van der Waals surface area contributed by atoms with Crippen LogP contribution in [0.3, 0.4) is 0 Å². The molecule has 0 spiro atoms. The quantitative estimate of drug-likeness (QED) is 0.846. The summed E-state index contributed by atoms with van der Waals surface area (Å²) in [7, 11) is 1.52. The molecule has 1 amide bonds. The average Bonchev–Trinajstić information content (AvgIpc) is 2.56. The van der Waals surface area contributed by atoms with Gasteiger partial charge in [0.05, 0.1) is 12.3 Å². The Morgan fingerprint density at radius 3 is 2.45 bits per heavy atom. The fraction of sp³-hybridized carbons (Fsp3) is 0.278. The minimum absolute atomic E-state index is 0.221. The number of hydrogen-bond donors (Lipinski definition) is 1. The topological polar surface area (TPSA) is 47.6 Å². The van der Waals surface area contributed by atoms with E-state index >= 15 is 0 Å². The monoisotopic (exact) mass is 299 g/mol. The number of rotatable bonds is 7. The van der Waals surface area contributed by atoms with E-state index in [9.17, 15) is 4.79 Å². The van der Waals surface area contributed by atoms with Crippen molar-refractivity contribution >= 4 is 11.6 Å². The van der Waals surface area contributed by atoms with Crippen LogP contribution in [0, 0.1) is 0 Å². The summed E-state index contributed by atoms with van der Waals surface area (Å²) in [6, 6.07) is 16.8. The lowest BCUT2D eigenvalue weighted by atomic mass is 10.1. The molecule has 0 radical (unpaired) electrons. The molecule has 116 valence electrons. The van der Waals surface area contributed by atoms with Gasteiger partial charge in [-0.05, 0) is 24.1 Å². The summed E-state index contributed by atoms with van der Waals surface area (Å²) in [5, 5.41) is 2.88. The van der Waals surface area contributed by atoms with Crippen LogP contribution in [-0.4, -0.2) is 19.6 Å². The first-order valence-corrected chi connectivity index (χ1v) is 7.36. The van der Waals surface area contributed by atoms with E-state index in [0.29, 0.717) is 18.0 Å². The zero-order valence-corrected chi connectivity index (χ0v) is 12.9. The number of methoxy groups -OCH3 is 1. The molecule has 22 heavy (non-hydrogen) atoms. The van der Waals surface area contributed by atoms with Gasteiger partial charge in [-0.15, -0.1) is 0 Å². The van der Waals surface area contributed by atoms with Crippen LogP contribution in [0.1, 0.15) is 25.0 Å². The fourth-order valence-corrected chi connectivity index (χ4v) is 2.13. The number of amides is 1. The molecule has 0 saturated carbocycles. The molecule has 0 saturated heterocycles. The summed E-state index contributed by atoms with van der Waals surface area (Å²) in [5.41, 5.74) is 1.47. The van der Waals surface area contributed by atoms with E-state index in [2.05, 4.69) is 5.32 Å². The molecule has 0 aliphatic carbocycles. The van der Waals surface area contributed by atoms with Crippen molar-refractivity contribution < 1.29 is 14.3 Å². The predicted octanol–water partition coefficient (Wildman–Crippen LogP) is 3.80. The molecule has 0 fully saturated rings. The highest BCUT2D eigenvalue weighted by Crippen LogP contribution is 2.26. The third-order valence-electron chi connectivity index (χ3n) is 3.18. The summed E-state index contributed by atoms with van der Waals surface area (Å²) in [5.74, 6) is 0.446. The van der Waals surface area contributed by atoms with Gasteiger partial charge in [0.15, 0.2) is 6.10 Å². The molecule has 2 aromatic rings. The zero-order valence-electron chi connectivity index (χ0n) is 12.9. The first kappa shape index (κ1) is 16.0. The van der Waals surface area contributed by atoms with Gasteiger partial charge in [0.2, 0.25) is 0 Å². The van der Waals surface area contributed by atoms with Gasteiger partial charge in [0, 0.05) is 7.11 Å². The molecular formula is C18H21NO3. The van der Waals surface area contributed by atoms with E-state index < -0.39 is 6.10 Å². The van der Waals surface area contributed by atoms with Crippen molar-refractivity contribution in [3.05, 3.63) is 60.2 Å². The molecule has 2 rings (SSSR count). The summed E-state index contributed by atoms with van der Waals surface area (Å²) in [6.07, 6.45) is 0.257. The maximum absolute atomic E-state index is 12.5. The standard InChI is InChI=1S/C18H21NO3/c1-3-13-22-16-12-8-7-11-15(16)19-18(20)17(21-2)14-9-5-4-6-10-14/h4-12,17H,3,13H2,1-2H3,(H,19,20)/t17-/m0/s1. The Morgan fingerprint density at radius 2 is 1.77 bits per heavy atom. The molecule has 2 aromatic carbocycles. The summed E-state index contributed by atoms with van der Waals surface area (Å²) in [6.45, 7) is 2.65. The predicted molar refractivity (Wildman–Crippen MR) is 87.0 cm³/mol. The van der Waals surface area contributed by atoms with E-state index in [1.165, 1.54) is 7.11 Å². The highest BCUT2D eigenvalue weighted by molar-refractivity contribution is 5.96. The molecule has 0 unspecified atom stereocenters. The Morgan fingerprint density at radius 1 is 1.09 bits per heavy atom. The molecule has 0 aliphatic rings. The molecule has 4 nitrogen and oxygen atoms in total. The SMILES string of the molecule is CCCOc1ccccc1NC(=O)[C@@H](OC)c1ccccc1. The normalized spacial score (nSPS) is 11.7. The second-order valence-electron chi connectivity index (χ2n) is 4.86. The van der Waals surface area contributed by atoms with Crippen molar-refractivity contribution in [2.75, 3.05) is 19.0 Å². The average molecular weight is 299 g/mol. The van der Waals surface area contributed by atoms with Gasteiger partial charge in [0.1, 0.15) is 5.75 Å². The number of ether oxygens (including phenoxy) is 2. The van der Waals surface area contributed by atoms with Gasteiger partial charge in [-0.1, -0.05) is 49.4 Å². The molecule has 1 N–H and O–H groups in total. The van der Waals surface area contributed by atoms with E-state index in [0.717, 1.165) is 12.0 Å². The smallest absolute Gasteiger partial charge is 0.258 e. The second-order valence-corrected chi connectivity index (χ2v) is 4.86. The van der Waals surface area contributed by atoms with Crippen LogP contribution >= 0.6 is 0 Å². The van der Waals surface area contributed by atoms with Crippen molar-refractivity contribution in [2.24, 2.45) is 0 Å². The van der Waals surface area contributed by atoms with E-state index in [-0.39, 0.29) is 5.91 Å². The lowest BCUT2D eigenvalue weighted by Crippen LogP contribution is -2.22. The maximum Gasteiger partial charge on any atom is 0.258 e. The van der Waals surface area contributed by atoms with Crippen LogP contribution < -0.4 is 10.1 Å². The molecule has 4 heteroatoms. The van der Waals surface area contributed by atoms with Crippen molar-refractivity contribution in [3.63, 3.8) is 0 Å². The van der Waals surface area contributed by atoms with E-state index in [4.69, 9.17) is 9.47 Å². The molecule has 1 atom stereocenters. The number of nitrogens with one attached hydrogen (secondary N) is 1. The number of carbonyl (C=O) groups excluding carboxylic acids is 1. The maximum atomic E-state index is 12.5. The number of anilines is 1. The van der Waals surface area contributed by atoms with Crippen LogP contribution in [0.5, 0.6) is 5.75 Å². The second kappa shape index (κ2) is 8.20. The lowest BCUT2D eigenvalue weighted by molar-refractivity contribution is -0.126. The molecule has 0 aromatic heterocycles. The Hall–Kier alpha value is -2.33. The van der Waals surface area contributed by atoms with Crippen molar-refractivity contribution in [1.29, 1.82) is 0 Å². The van der Waals surface area contributed by atoms with Crippen LogP contribution in [0.15, 0.2) is 54.6 Å². The van der Waals surface area contributed by atoms with Gasteiger partial charge >= 0.3 is 0 Å². The largest absolute Gasteiger partial charge is 0.491 e. The van der Waals surface area contributed by atoms with Gasteiger partial charge < -0.3 is 14.8 Å². The van der Waals surface area contributed by atoms with Crippen LogP contribution in [0.25, 0.3) is 0 Å². The van der Waals surface area contributed by atoms with Crippen LogP contribution in [0.2, 0.25) is 0 Å². The third-order valence-corrected chi connectivity index (χ3v) is 3.18. The van der Waals surface area contributed by atoms with Crippen LogP contribution in [-0.2, 0) is 9.53 Å². The molecule has 0 bridgehead atoms. The van der Waals surface area contributed by atoms with Gasteiger partial charge in [-0.25, -0.2) is 0 Å². The molecular weight excluding hydrogens is 278 g/mol. The van der Waals surface area contributed by atoms with Crippen molar-refractivity contribution in [1.82, 2.24) is 0 Å². The third kappa shape index (κ3) is 4.09. The summed E-state index contributed by atoms with van der Waals surface area (Å²) < 4.78 is 11.0. The van der Waals surface area contributed by atoms with E-state index in [1.54, 1.807) is 0 Å². The minimum atomic E-state index is -0.652. The van der Waals surface area contributed by atoms with Gasteiger partial charge in [0.25, 0.3) is 5.91 Å². The van der Waals surface area contributed by atoms with Crippen molar-refractivity contribution in [3.8, 4) is 5.75 Å². The summed E-state index contributed by atoms with van der Waals surface area (Å²) >= 11 is 0. The lowest BCUT2D eigenvalue weighted by Gasteiger charge is -2.17. The highest BCUT2D eigenvalue weighted by atomic mass is 16.5. The fourth-order valence-electron chi connectivity index (χ4n) is 2.13. The number of benzene rings is 2. The number of carbonyl (C=O) groups is 1. The zero-order chi connectivity index (χ0) is 15.8. The summed E-state index contributed by atoms with van der Waals surface area (Å²) in [4.78, 5) is 12.5. The molecule has 0 aliphatic heterocycles.